The third kappa shape index (κ3) is 3.61. The van der Waals surface area contributed by atoms with E-state index in [1.807, 2.05) is 24.3 Å². The number of carbonyl (C=O) groups is 1. The fourth-order valence-electron chi connectivity index (χ4n) is 2.35. The van der Waals surface area contributed by atoms with Gasteiger partial charge in [0.2, 0.25) is 5.91 Å². The largest absolute Gasteiger partial charge is 0.355 e. The Morgan fingerprint density at radius 1 is 1.33 bits per heavy atom. The highest BCUT2D eigenvalue weighted by Crippen LogP contribution is 2.48. The minimum atomic E-state index is -0.367. The highest BCUT2D eigenvalue weighted by Gasteiger charge is 2.50. The minimum Gasteiger partial charge on any atom is -0.355 e. The van der Waals surface area contributed by atoms with Gasteiger partial charge in [-0.25, -0.2) is 0 Å². The van der Waals surface area contributed by atoms with Crippen molar-refractivity contribution in [3.05, 3.63) is 60.3 Å². The van der Waals surface area contributed by atoms with Crippen molar-refractivity contribution < 1.29 is 4.79 Å². The van der Waals surface area contributed by atoms with Crippen LogP contribution in [0.1, 0.15) is 24.8 Å². The van der Waals surface area contributed by atoms with Gasteiger partial charge >= 0.3 is 0 Å². The summed E-state index contributed by atoms with van der Waals surface area (Å²) in [6, 6.07) is 7.53. The maximum atomic E-state index is 12.4. The number of carbonyl (C=O) groups excluding carboxylic acids is 1. The average molecular weight is 303 g/mol. The van der Waals surface area contributed by atoms with Gasteiger partial charge in [0, 0.05) is 29.9 Å². The molecule has 1 aromatic rings. The first kappa shape index (κ1) is 15.5. The lowest BCUT2D eigenvalue weighted by molar-refractivity contribution is -0.123. The molecule has 0 atom stereocenters. The van der Waals surface area contributed by atoms with E-state index in [4.69, 9.17) is 11.6 Å². The number of rotatable bonds is 7. The summed E-state index contributed by atoms with van der Waals surface area (Å²) in [5.74, 6) is 0.0758. The lowest BCUT2D eigenvalue weighted by atomic mass is 9.95. The molecular formula is C17H19ClN2O. The Morgan fingerprint density at radius 2 is 2.00 bits per heavy atom. The summed E-state index contributed by atoms with van der Waals surface area (Å²) >= 11 is 5.89. The third-order valence-electron chi connectivity index (χ3n) is 3.74. The molecule has 0 spiro atoms. The summed E-state index contributed by atoms with van der Waals surface area (Å²) < 4.78 is 0. The maximum Gasteiger partial charge on any atom is 0.230 e. The lowest BCUT2D eigenvalue weighted by Crippen LogP contribution is -2.35. The van der Waals surface area contributed by atoms with Crippen molar-refractivity contribution in [2.75, 3.05) is 6.54 Å². The Bertz CT molecular complexity index is 571. The van der Waals surface area contributed by atoms with E-state index in [1.54, 1.807) is 6.08 Å². The molecule has 1 amide bonds. The molecule has 0 radical (unpaired) electrons. The van der Waals surface area contributed by atoms with Gasteiger partial charge in [-0.05, 0) is 36.6 Å². The Morgan fingerprint density at radius 3 is 2.52 bits per heavy atom. The van der Waals surface area contributed by atoms with E-state index in [-0.39, 0.29) is 11.3 Å². The first-order chi connectivity index (χ1) is 10.1. The smallest absolute Gasteiger partial charge is 0.230 e. The van der Waals surface area contributed by atoms with E-state index >= 15 is 0 Å². The maximum absolute atomic E-state index is 12.4. The van der Waals surface area contributed by atoms with Crippen molar-refractivity contribution >= 4 is 23.2 Å². The lowest BCUT2D eigenvalue weighted by Gasteiger charge is -2.16. The molecule has 1 aliphatic carbocycles. The Balaban J connectivity index is 1.94. The molecule has 3 nitrogen and oxygen atoms in total. The van der Waals surface area contributed by atoms with Crippen LogP contribution in [-0.2, 0) is 10.2 Å². The zero-order chi connectivity index (χ0) is 15.3. The van der Waals surface area contributed by atoms with Crippen LogP contribution in [0.5, 0.6) is 0 Å². The van der Waals surface area contributed by atoms with Crippen molar-refractivity contribution in [1.29, 1.82) is 0 Å². The fourth-order valence-corrected chi connectivity index (χ4v) is 2.48. The molecule has 21 heavy (non-hydrogen) atoms. The average Bonchev–Trinajstić information content (AvgIpc) is 3.28. The normalized spacial score (nSPS) is 16.1. The number of halogens is 1. The molecule has 1 fully saturated rings. The number of hydrogen-bond donors (Lipinski definition) is 1. The summed E-state index contributed by atoms with van der Waals surface area (Å²) in [7, 11) is 0. The molecule has 0 aliphatic heterocycles. The second-order valence-electron chi connectivity index (χ2n) is 5.10. The Labute approximate surface area is 130 Å². The van der Waals surface area contributed by atoms with Crippen LogP contribution in [0.3, 0.4) is 0 Å². The predicted molar refractivity (Wildman–Crippen MR) is 87.8 cm³/mol. The van der Waals surface area contributed by atoms with Crippen LogP contribution in [0.25, 0.3) is 0 Å². The van der Waals surface area contributed by atoms with Gasteiger partial charge in [-0.15, -0.1) is 0 Å². The van der Waals surface area contributed by atoms with Gasteiger partial charge in [-0.2, -0.15) is 0 Å². The van der Waals surface area contributed by atoms with Crippen molar-refractivity contribution in [2.24, 2.45) is 4.99 Å². The molecule has 4 heteroatoms. The highest BCUT2D eigenvalue weighted by molar-refractivity contribution is 6.30. The molecule has 0 saturated heterocycles. The molecule has 1 saturated carbocycles. The molecule has 0 heterocycles. The van der Waals surface area contributed by atoms with E-state index < -0.39 is 0 Å². The molecule has 0 bridgehead atoms. The van der Waals surface area contributed by atoms with Crippen molar-refractivity contribution in [2.45, 2.75) is 24.7 Å². The Hall–Kier alpha value is -1.87. The summed E-state index contributed by atoms with van der Waals surface area (Å²) in [4.78, 5) is 16.5. The molecule has 0 aromatic heterocycles. The third-order valence-corrected chi connectivity index (χ3v) is 3.99. The zero-order valence-corrected chi connectivity index (χ0v) is 12.7. The van der Waals surface area contributed by atoms with Crippen LogP contribution in [-0.4, -0.2) is 18.2 Å². The van der Waals surface area contributed by atoms with Crippen LogP contribution >= 0.6 is 11.6 Å². The summed E-state index contributed by atoms with van der Waals surface area (Å²) in [6.07, 6.45) is 5.58. The van der Waals surface area contributed by atoms with Crippen molar-refractivity contribution in [3.63, 3.8) is 0 Å². The van der Waals surface area contributed by atoms with Gasteiger partial charge in [-0.3, -0.25) is 9.79 Å². The van der Waals surface area contributed by atoms with Crippen molar-refractivity contribution in [1.82, 2.24) is 5.32 Å². The molecule has 2 rings (SSSR count). The second-order valence-corrected chi connectivity index (χ2v) is 5.54. The monoisotopic (exact) mass is 302 g/mol. The Kier molecular flexibility index (Phi) is 4.97. The van der Waals surface area contributed by atoms with Gasteiger partial charge in [0.25, 0.3) is 0 Å². The standard InChI is InChI=1S/C17H19ClN2O/c1-3-15(19-4-2)9-12-20-16(21)17(10-11-17)13-5-7-14(18)8-6-13/h3-8H,1-2,9-12H2,(H,20,21). The quantitative estimate of drug-likeness (QED) is 0.768. The molecular weight excluding hydrogens is 284 g/mol. The number of allylic oxidation sites excluding steroid dienone is 1. The van der Waals surface area contributed by atoms with Crippen molar-refractivity contribution in [3.8, 4) is 0 Å². The summed E-state index contributed by atoms with van der Waals surface area (Å²) in [5, 5.41) is 3.67. The fraction of sp³-hybridized carbons (Fsp3) is 0.294. The number of amides is 1. The zero-order valence-electron chi connectivity index (χ0n) is 11.9. The van der Waals surface area contributed by atoms with Gasteiger partial charge < -0.3 is 5.32 Å². The van der Waals surface area contributed by atoms with E-state index in [2.05, 4.69) is 23.5 Å². The van der Waals surface area contributed by atoms with E-state index in [0.717, 1.165) is 24.1 Å². The predicted octanol–water partition coefficient (Wildman–Crippen LogP) is 3.65. The second kappa shape index (κ2) is 6.72. The van der Waals surface area contributed by atoms with E-state index in [9.17, 15) is 4.79 Å². The van der Waals surface area contributed by atoms with Crippen LogP contribution < -0.4 is 5.32 Å². The number of benzene rings is 1. The molecule has 1 aliphatic rings. The minimum absolute atomic E-state index is 0.0758. The molecule has 110 valence electrons. The number of nitrogens with zero attached hydrogens (tertiary/aromatic N) is 1. The summed E-state index contributed by atoms with van der Waals surface area (Å²) in [6.45, 7) is 7.79. The molecule has 0 unspecified atom stereocenters. The first-order valence-corrected chi connectivity index (χ1v) is 7.34. The number of aliphatic imine (C=N–C) groups is 1. The van der Waals surface area contributed by atoms with Gasteiger partial charge in [-0.1, -0.05) is 36.9 Å². The van der Waals surface area contributed by atoms with Gasteiger partial charge in [0.1, 0.15) is 0 Å². The first-order valence-electron chi connectivity index (χ1n) is 6.97. The van der Waals surface area contributed by atoms with Crippen LogP contribution in [0.15, 0.2) is 54.7 Å². The van der Waals surface area contributed by atoms with Gasteiger partial charge in [0.15, 0.2) is 0 Å². The topological polar surface area (TPSA) is 41.5 Å². The molecule has 1 N–H and O–H groups in total. The highest BCUT2D eigenvalue weighted by atomic mass is 35.5. The van der Waals surface area contributed by atoms with Crippen LogP contribution in [0, 0.1) is 0 Å². The molecule has 1 aromatic carbocycles. The van der Waals surface area contributed by atoms with Crippen LogP contribution in [0.4, 0.5) is 0 Å². The van der Waals surface area contributed by atoms with E-state index in [1.165, 1.54) is 6.20 Å². The summed E-state index contributed by atoms with van der Waals surface area (Å²) in [5.41, 5.74) is 1.49. The van der Waals surface area contributed by atoms with Gasteiger partial charge in [0.05, 0.1) is 5.41 Å². The SMILES string of the molecule is C=CN=C(C=C)CCNC(=O)C1(c2ccc(Cl)cc2)CC1. The number of nitrogens with one attached hydrogen (secondary N) is 1. The van der Waals surface area contributed by atoms with Crippen LogP contribution in [0.2, 0.25) is 5.02 Å². The van der Waals surface area contributed by atoms with E-state index in [0.29, 0.717) is 18.0 Å². The number of hydrogen-bond acceptors (Lipinski definition) is 2.